The lowest BCUT2D eigenvalue weighted by Gasteiger charge is -2.27. The van der Waals surface area contributed by atoms with E-state index in [2.05, 4.69) is 18.5 Å². The molecule has 1 saturated heterocycles. The lowest BCUT2D eigenvalue weighted by atomic mass is 10.0. The Kier molecular flexibility index (Phi) is 3.80. The highest BCUT2D eigenvalue weighted by Gasteiger charge is 2.39. The molecule has 0 saturated carbocycles. The Morgan fingerprint density at radius 3 is 2.86 bits per heavy atom. The van der Waals surface area contributed by atoms with Gasteiger partial charge in [-0.25, -0.2) is 8.51 Å². The molecule has 1 aromatic carbocycles. The van der Waals surface area contributed by atoms with Gasteiger partial charge in [-0.15, -0.1) is 0 Å². The van der Waals surface area contributed by atoms with Crippen molar-refractivity contribution >= 4 is 28.4 Å². The molecule has 2 heterocycles. The van der Waals surface area contributed by atoms with E-state index in [1.54, 1.807) is 16.4 Å². The molecule has 1 fully saturated rings. The van der Waals surface area contributed by atoms with E-state index in [1.165, 1.54) is 0 Å². The van der Waals surface area contributed by atoms with Crippen LogP contribution in [-0.4, -0.2) is 26.4 Å². The van der Waals surface area contributed by atoms with E-state index in [0.717, 1.165) is 16.7 Å². The fourth-order valence-electron chi connectivity index (χ4n) is 2.73. The zero-order valence-corrected chi connectivity index (χ0v) is 12.8. The quantitative estimate of drug-likeness (QED) is 0.679. The number of rotatable bonds is 3. The third kappa shape index (κ3) is 2.44. The molecule has 2 amide bonds. The first-order valence-corrected chi connectivity index (χ1v) is 8.09. The summed E-state index contributed by atoms with van der Waals surface area (Å²) >= 11 is 0. The van der Waals surface area contributed by atoms with E-state index in [4.69, 9.17) is 0 Å². The molecule has 114 valence electrons. The first-order chi connectivity index (χ1) is 10.5. The van der Waals surface area contributed by atoms with E-state index >= 15 is 0 Å². The predicted octanol–water partition coefficient (Wildman–Crippen LogP) is 1.53. The maximum atomic E-state index is 12.6. The Labute approximate surface area is 131 Å². The van der Waals surface area contributed by atoms with E-state index in [0.29, 0.717) is 17.9 Å². The van der Waals surface area contributed by atoms with Gasteiger partial charge in [0.2, 0.25) is 11.8 Å². The van der Waals surface area contributed by atoms with Crippen molar-refractivity contribution in [1.82, 2.24) is 9.62 Å². The number of hydrogen-bond donors (Lipinski definition) is 1. The number of carbonyl (C=O) groups excluding carboxylic acids is 2. The molecule has 0 radical (unpaired) electrons. The Balaban J connectivity index is 1.87. The summed E-state index contributed by atoms with van der Waals surface area (Å²) in [5.41, 5.74) is 2.65. The standard InChI is InChI=1S/C16H16N2O3S/c1-3-10(2)11-4-6-14-12(8-11)9-18(22(14)21)13-5-7-15(19)17-16(13)20/h3-4,6,8,13H,1-2,5,7,9H2,(H,17,19,20). The summed E-state index contributed by atoms with van der Waals surface area (Å²) in [7, 11) is -1.38. The van der Waals surface area contributed by atoms with Crippen LogP contribution in [0.15, 0.2) is 42.3 Å². The molecule has 2 atom stereocenters. The topological polar surface area (TPSA) is 66.5 Å². The monoisotopic (exact) mass is 316 g/mol. The smallest absolute Gasteiger partial charge is 0.244 e. The minimum atomic E-state index is -1.38. The van der Waals surface area contributed by atoms with Crippen molar-refractivity contribution in [3.05, 3.63) is 48.6 Å². The summed E-state index contributed by atoms with van der Waals surface area (Å²) in [5, 5.41) is 2.31. The van der Waals surface area contributed by atoms with Gasteiger partial charge in [-0.2, -0.15) is 0 Å². The number of carbonyl (C=O) groups is 2. The van der Waals surface area contributed by atoms with Crippen molar-refractivity contribution in [2.75, 3.05) is 0 Å². The maximum absolute atomic E-state index is 12.6. The van der Waals surface area contributed by atoms with Gasteiger partial charge in [0.25, 0.3) is 0 Å². The molecule has 6 heteroatoms. The second kappa shape index (κ2) is 5.62. The van der Waals surface area contributed by atoms with Crippen LogP contribution >= 0.6 is 0 Å². The van der Waals surface area contributed by atoms with Gasteiger partial charge >= 0.3 is 0 Å². The number of benzene rings is 1. The second-order valence-corrected chi connectivity index (χ2v) is 6.75. The Hall–Kier alpha value is -2.05. The summed E-state index contributed by atoms with van der Waals surface area (Å²) in [4.78, 5) is 23.9. The van der Waals surface area contributed by atoms with Crippen molar-refractivity contribution in [3.8, 4) is 0 Å². The second-order valence-electron chi connectivity index (χ2n) is 5.34. The molecule has 3 rings (SSSR count). The number of allylic oxidation sites excluding steroid dienone is 2. The number of piperidine rings is 1. The molecule has 0 spiro atoms. The van der Waals surface area contributed by atoms with E-state index < -0.39 is 17.0 Å². The van der Waals surface area contributed by atoms with Crippen LogP contribution in [-0.2, 0) is 27.1 Å². The highest BCUT2D eigenvalue weighted by atomic mass is 32.2. The van der Waals surface area contributed by atoms with Crippen LogP contribution in [0.5, 0.6) is 0 Å². The number of nitrogens with one attached hydrogen (secondary N) is 1. The molecule has 0 aromatic heterocycles. The molecular formula is C16H16N2O3S. The Morgan fingerprint density at radius 2 is 2.18 bits per heavy atom. The molecule has 2 unspecified atom stereocenters. The number of hydrogen-bond acceptors (Lipinski definition) is 3. The summed E-state index contributed by atoms with van der Waals surface area (Å²) in [6, 6.07) is 5.07. The lowest BCUT2D eigenvalue weighted by molar-refractivity contribution is -0.136. The Morgan fingerprint density at radius 1 is 1.41 bits per heavy atom. The predicted molar refractivity (Wildman–Crippen MR) is 83.8 cm³/mol. The van der Waals surface area contributed by atoms with Crippen molar-refractivity contribution in [1.29, 1.82) is 0 Å². The summed E-state index contributed by atoms with van der Waals surface area (Å²) in [6.07, 6.45) is 2.35. The molecule has 0 bridgehead atoms. The first-order valence-electron chi connectivity index (χ1n) is 6.98. The van der Waals surface area contributed by atoms with Crippen molar-refractivity contribution in [2.24, 2.45) is 0 Å². The zero-order chi connectivity index (χ0) is 15.9. The molecule has 2 aliphatic rings. The third-order valence-electron chi connectivity index (χ3n) is 3.96. The van der Waals surface area contributed by atoms with Gasteiger partial charge < -0.3 is 0 Å². The van der Waals surface area contributed by atoms with Gasteiger partial charge in [0.05, 0.1) is 4.90 Å². The first kappa shape index (κ1) is 14.9. The average molecular weight is 316 g/mol. The van der Waals surface area contributed by atoms with E-state index in [1.807, 2.05) is 12.1 Å². The van der Waals surface area contributed by atoms with Gasteiger partial charge in [-0.3, -0.25) is 14.9 Å². The van der Waals surface area contributed by atoms with Crippen LogP contribution in [0.4, 0.5) is 0 Å². The summed E-state index contributed by atoms with van der Waals surface area (Å²) in [5.74, 6) is -0.638. The average Bonchev–Trinajstić information content (AvgIpc) is 2.83. The molecule has 22 heavy (non-hydrogen) atoms. The summed E-state index contributed by atoms with van der Waals surface area (Å²) < 4.78 is 14.2. The minimum absolute atomic E-state index is 0.270. The summed E-state index contributed by atoms with van der Waals surface area (Å²) in [6.45, 7) is 8.03. The Bertz CT molecular complexity index is 726. The number of imide groups is 1. The zero-order valence-electron chi connectivity index (χ0n) is 12.0. The maximum Gasteiger partial charge on any atom is 0.244 e. The third-order valence-corrected chi connectivity index (χ3v) is 5.55. The van der Waals surface area contributed by atoms with Crippen LogP contribution in [0.3, 0.4) is 0 Å². The molecular weight excluding hydrogens is 300 g/mol. The largest absolute Gasteiger partial charge is 0.295 e. The highest BCUT2D eigenvalue weighted by Crippen LogP contribution is 2.32. The molecule has 5 nitrogen and oxygen atoms in total. The van der Waals surface area contributed by atoms with Gasteiger partial charge in [0.1, 0.15) is 17.0 Å². The molecule has 1 aromatic rings. The normalized spacial score (nSPS) is 24.7. The SMILES string of the molecule is C=CC(=C)c1ccc2c(c1)CN(C1CCC(=O)NC1=O)S2=O. The number of nitrogens with zero attached hydrogens (tertiary/aromatic N) is 1. The molecule has 2 aliphatic heterocycles. The van der Waals surface area contributed by atoms with Gasteiger partial charge in [0, 0.05) is 13.0 Å². The van der Waals surface area contributed by atoms with Crippen LogP contribution < -0.4 is 5.32 Å². The van der Waals surface area contributed by atoms with Gasteiger partial charge in [-0.1, -0.05) is 25.3 Å². The van der Waals surface area contributed by atoms with E-state index in [-0.39, 0.29) is 18.2 Å². The van der Waals surface area contributed by atoms with Crippen molar-refractivity contribution in [3.63, 3.8) is 0 Å². The minimum Gasteiger partial charge on any atom is -0.295 e. The molecule has 1 N–H and O–H groups in total. The van der Waals surface area contributed by atoms with Crippen LogP contribution in [0.2, 0.25) is 0 Å². The van der Waals surface area contributed by atoms with Crippen molar-refractivity contribution < 1.29 is 13.8 Å². The fraction of sp³-hybridized carbons (Fsp3) is 0.250. The van der Waals surface area contributed by atoms with Crippen LogP contribution in [0.25, 0.3) is 5.57 Å². The van der Waals surface area contributed by atoms with Crippen molar-refractivity contribution in [2.45, 2.75) is 30.3 Å². The number of fused-ring (bicyclic) bond motifs is 1. The van der Waals surface area contributed by atoms with Crippen LogP contribution in [0, 0.1) is 0 Å². The van der Waals surface area contributed by atoms with Gasteiger partial charge in [0.15, 0.2) is 0 Å². The van der Waals surface area contributed by atoms with Gasteiger partial charge in [-0.05, 0) is 35.3 Å². The van der Waals surface area contributed by atoms with E-state index in [9.17, 15) is 13.8 Å². The number of amides is 2. The van der Waals surface area contributed by atoms with Crippen LogP contribution in [0.1, 0.15) is 24.0 Å². The fourth-order valence-corrected chi connectivity index (χ4v) is 4.20. The lowest BCUT2D eigenvalue weighted by Crippen LogP contribution is -2.51. The highest BCUT2D eigenvalue weighted by molar-refractivity contribution is 7.83. The molecule has 0 aliphatic carbocycles.